The zero-order chi connectivity index (χ0) is 12.1. The molecular formula is C14H29O2. The van der Waals surface area contributed by atoms with Crippen molar-refractivity contribution in [1.29, 1.82) is 0 Å². The van der Waals surface area contributed by atoms with Crippen molar-refractivity contribution in [2.24, 2.45) is 0 Å². The van der Waals surface area contributed by atoms with Crippen LogP contribution in [-0.2, 0) is 9.47 Å². The molecule has 0 rings (SSSR count). The van der Waals surface area contributed by atoms with Crippen molar-refractivity contribution in [1.82, 2.24) is 0 Å². The van der Waals surface area contributed by atoms with E-state index in [9.17, 15) is 0 Å². The fourth-order valence-electron chi connectivity index (χ4n) is 1.62. The number of hydrogen-bond donors (Lipinski definition) is 0. The van der Waals surface area contributed by atoms with Gasteiger partial charge in [-0.1, -0.05) is 51.9 Å². The molecule has 0 amide bonds. The first-order valence-corrected chi connectivity index (χ1v) is 6.74. The van der Waals surface area contributed by atoms with Gasteiger partial charge in [0.2, 0.25) is 0 Å². The lowest BCUT2D eigenvalue weighted by Gasteiger charge is -2.09. The second-order valence-corrected chi connectivity index (χ2v) is 4.41. The zero-order valence-corrected chi connectivity index (χ0v) is 11.2. The van der Waals surface area contributed by atoms with E-state index in [0.717, 1.165) is 6.61 Å². The first kappa shape index (κ1) is 15.9. The molecule has 2 heteroatoms. The van der Waals surface area contributed by atoms with Crippen molar-refractivity contribution in [3.63, 3.8) is 0 Å². The van der Waals surface area contributed by atoms with Gasteiger partial charge in [-0.25, -0.2) is 0 Å². The van der Waals surface area contributed by atoms with Gasteiger partial charge in [0.25, 0.3) is 0 Å². The lowest BCUT2D eigenvalue weighted by atomic mass is 10.1. The van der Waals surface area contributed by atoms with E-state index in [4.69, 9.17) is 9.47 Å². The lowest BCUT2D eigenvalue weighted by Crippen LogP contribution is -2.14. The van der Waals surface area contributed by atoms with Crippen molar-refractivity contribution in [3.05, 3.63) is 6.92 Å². The van der Waals surface area contributed by atoms with Crippen LogP contribution in [0.25, 0.3) is 0 Å². The average Bonchev–Trinajstić information content (AvgIpc) is 2.31. The Morgan fingerprint density at radius 3 is 2.06 bits per heavy atom. The van der Waals surface area contributed by atoms with Crippen LogP contribution >= 0.6 is 0 Å². The predicted octanol–water partition coefficient (Wildman–Crippen LogP) is 3.99. The topological polar surface area (TPSA) is 18.5 Å². The highest BCUT2D eigenvalue weighted by atomic mass is 16.5. The SMILES string of the molecule is [CH2]C(COCCCCCCCCCC)OC. The van der Waals surface area contributed by atoms with Gasteiger partial charge in [-0.2, -0.15) is 0 Å². The van der Waals surface area contributed by atoms with Gasteiger partial charge in [0.15, 0.2) is 0 Å². The number of ether oxygens (including phenoxy) is 2. The molecule has 97 valence electrons. The van der Waals surface area contributed by atoms with Crippen molar-refractivity contribution in [2.45, 2.75) is 64.4 Å². The van der Waals surface area contributed by atoms with E-state index in [1.807, 2.05) is 0 Å². The third-order valence-corrected chi connectivity index (χ3v) is 2.78. The Hall–Kier alpha value is -0.0800. The van der Waals surface area contributed by atoms with E-state index in [0.29, 0.717) is 6.61 Å². The molecule has 0 aliphatic carbocycles. The van der Waals surface area contributed by atoms with Crippen LogP contribution in [0.1, 0.15) is 58.3 Å². The van der Waals surface area contributed by atoms with Gasteiger partial charge in [0, 0.05) is 13.7 Å². The lowest BCUT2D eigenvalue weighted by molar-refractivity contribution is 0.0303. The minimum Gasteiger partial charge on any atom is -0.379 e. The van der Waals surface area contributed by atoms with Crippen LogP contribution < -0.4 is 0 Å². The molecule has 0 spiro atoms. The van der Waals surface area contributed by atoms with E-state index in [1.165, 1.54) is 51.4 Å². The van der Waals surface area contributed by atoms with Crippen LogP contribution in [-0.4, -0.2) is 26.4 Å². The standard InChI is InChI=1S/C14H29O2/c1-4-5-6-7-8-9-10-11-12-16-13-14(2)15-3/h14H,2,4-13H2,1,3H3. The molecule has 16 heavy (non-hydrogen) atoms. The maximum atomic E-state index is 5.44. The Labute approximate surface area is 102 Å². The smallest absolute Gasteiger partial charge is 0.0805 e. The van der Waals surface area contributed by atoms with Crippen molar-refractivity contribution in [3.8, 4) is 0 Å². The third kappa shape index (κ3) is 12.0. The van der Waals surface area contributed by atoms with Gasteiger partial charge in [0.05, 0.1) is 12.7 Å². The number of rotatable bonds is 12. The minimum atomic E-state index is -0.0194. The maximum absolute atomic E-state index is 5.44. The second kappa shape index (κ2) is 13.0. The second-order valence-electron chi connectivity index (χ2n) is 4.41. The summed E-state index contributed by atoms with van der Waals surface area (Å²) in [6.07, 6.45) is 10.7. The third-order valence-electron chi connectivity index (χ3n) is 2.78. The molecule has 0 aliphatic rings. The molecule has 0 saturated heterocycles. The molecule has 0 N–H and O–H groups in total. The Kier molecular flexibility index (Phi) is 12.9. The van der Waals surface area contributed by atoms with Crippen LogP contribution in [0.2, 0.25) is 0 Å². The van der Waals surface area contributed by atoms with E-state index in [-0.39, 0.29) is 6.10 Å². The largest absolute Gasteiger partial charge is 0.379 e. The van der Waals surface area contributed by atoms with Crippen LogP contribution in [0.4, 0.5) is 0 Å². The van der Waals surface area contributed by atoms with Gasteiger partial charge in [0.1, 0.15) is 0 Å². The van der Waals surface area contributed by atoms with Crippen molar-refractivity contribution < 1.29 is 9.47 Å². The highest BCUT2D eigenvalue weighted by Crippen LogP contribution is 2.08. The van der Waals surface area contributed by atoms with Crippen LogP contribution in [0.3, 0.4) is 0 Å². The molecule has 0 aromatic rings. The highest BCUT2D eigenvalue weighted by molar-refractivity contribution is 4.56. The quantitative estimate of drug-likeness (QED) is 0.471. The van der Waals surface area contributed by atoms with Gasteiger partial charge in [-0.15, -0.1) is 0 Å². The normalized spacial score (nSPS) is 12.9. The van der Waals surface area contributed by atoms with Gasteiger partial charge in [-0.3, -0.25) is 0 Å². The molecule has 0 aromatic carbocycles. The van der Waals surface area contributed by atoms with Crippen molar-refractivity contribution >= 4 is 0 Å². The van der Waals surface area contributed by atoms with Gasteiger partial charge < -0.3 is 9.47 Å². The van der Waals surface area contributed by atoms with Gasteiger partial charge >= 0.3 is 0 Å². The summed E-state index contributed by atoms with van der Waals surface area (Å²) in [5, 5.41) is 0. The number of methoxy groups -OCH3 is 1. The van der Waals surface area contributed by atoms with Crippen LogP contribution in [0.15, 0.2) is 0 Å². The molecule has 0 heterocycles. The summed E-state index contributed by atoms with van der Waals surface area (Å²) < 4.78 is 10.4. The summed E-state index contributed by atoms with van der Waals surface area (Å²) in [7, 11) is 1.66. The molecule has 0 saturated carbocycles. The number of hydrogen-bond acceptors (Lipinski definition) is 2. The Bertz CT molecular complexity index is 126. The summed E-state index contributed by atoms with van der Waals surface area (Å²) in [6.45, 7) is 7.51. The van der Waals surface area contributed by atoms with Gasteiger partial charge in [-0.05, 0) is 13.3 Å². The summed E-state index contributed by atoms with van der Waals surface area (Å²) in [5.74, 6) is 0. The van der Waals surface area contributed by atoms with Crippen LogP contribution in [0, 0.1) is 6.92 Å². The maximum Gasteiger partial charge on any atom is 0.0805 e. The molecule has 1 radical (unpaired) electrons. The zero-order valence-electron chi connectivity index (χ0n) is 11.2. The first-order valence-electron chi connectivity index (χ1n) is 6.74. The molecule has 0 fully saturated rings. The molecule has 0 aromatic heterocycles. The Morgan fingerprint density at radius 1 is 0.938 bits per heavy atom. The fourth-order valence-corrected chi connectivity index (χ4v) is 1.62. The summed E-state index contributed by atoms with van der Waals surface area (Å²) in [4.78, 5) is 0. The molecule has 0 bridgehead atoms. The van der Waals surface area contributed by atoms with E-state index in [2.05, 4.69) is 13.8 Å². The predicted molar refractivity (Wildman–Crippen MR) is 69.6 cm³/mol. The number of unbranched alkanes of at least 4 members (excludes halogenated alkanes) is 7. The Balaban J connectivity index is 2.93. The van der Waals surface area contributed by atoms with E-state index in [1.54, 1.807) is 7.11 Å². The molecular weight excluding hydrogens is 200 g/mol. The summed E-state index contributed by atoms with van der Waals surface area (Å²) in [6, 6.07) is 0. The average molecular weight is 229 g/mol. The first-order chi connectivity index (χ1) is 7.81. The Morgan fingerprint density at radius 2 is 1.50 bits per heavy atom. The van der Waals surface area contributed by atoms with Crippen molar-refractivity contribution in [2.75, 3.05) is 20.3 Å². The molecule has 1 atom stereocenters. The molecule has 0 aliphatic heterocycles. The molecule has 2 nitrogen and oxygen atoms in total. The fraction of sp³-hybridized carbons (Fsp3) is 0.929. The molecule has 1 unspecified atom stereocenters. The highest BCUT2D eigenvalue weighted by Gasteiger charge is 1.98. The summed E-state index contributed by atoms with van der Waals surface area (Å²) >= 11 is 0. The summed E-state index contributed by atoms with van der Waals surface area (Å²) in [5.41, 5.74) is 0. The minimum absolute atomic E-state index is 0.0194. The monoisotopic (exact) mass is 229 g/mol. The van der Waals surface area contributed by atoms with Crippen LogP contribution in [0.5, 0.6) is 0 Å². The van der Waals surface area contributed by atoms with E-state index < -0.39 is 0 Å². The van der Waals surface area contributed by atoms with E-state index >= 15 is 0 Å².